The predicted octanol–water partition coefficient (Wildman–Crippen LogP) is 2.03. The van der Waals surface area contributed by atoms with E-state index in [1.54, 1.807) is 48.5 Å². The van der Waals surface area contributed by atoms with Crippen molar-refractivity contribution >= 4 is 23.2 Å². The molecule has 2 aromatic carbocycles. The lowest BCUT2D eigenvalue weighted by molar-refractivity contribution is -0.133. The molecule has 0 aromatic heterocycles. The number of hydrogen-bond acceptors (Lipinski definition) is 4. The van der Waals surface area contributed by atoms with Crippen LogP contribution >= 0.6 is 0 Å². The van der Waals surface area contributed by atoms with Gasteiger partial charge < -0.3 is 20.1 Å². The molecule has 0 fully saturated rings. The predicted molar refractivity (Wildman–Crippen MR) is 81.1 cm³/mol. The van der Waals surface area contributed by atoms with Crippen molar-refractivity contribution in [1.29, 1.82) is 0 Å². The highest BCUT2D eigenvalue weighted by Crippen LogP contribution is 2.29. The van der Waals surface area contributed by atoms with Gasteiger partial charge in [-0.05, 0) is 24.3 Å². The van der Waals surface area contributed by atoms with Crippen LogP contribution in [0.5, 0.6) is 11.5 Å². The topological polar surface area (TPSA) is 76.7 Å². The van der Waals surface area contributed by atoms with Crippen molar-refractivity contribution in [3.8, 4) is 11.5 Å². The standard InChI is InChI=1S/C16H14N2O4/c1-21-11-6-4-5-10(9-11)17-15(19)14-16(20)18-12-7-2-3-8-13(12)22-14/h2-9,14H,1H3,(H,17,19)(H,18,20). The number of methoxy groups -OCH3 is 1. The lowest BCUT2D eigenvalue weighted by atomic mass is 10.2. The Hall–Kier alpha value is -3.02. The first-order valence-corrected chi connectivity index (χ1v) is 6.69. The highest BCUT2D eigenvalue weighted by Gasteiger charge is 2.33. The molecule has 2 amide bonds. The summed E-state index contributed by atoms with van der Waals surface area (Å²) in [6.07, 6.45) is -1.24. The first-order chi connectivity index (χ1) is 10.7. The Kier molecular flexibility index (Phi) is 3.65. The molecule has 1 heterocycles. The van der Waals surface area contributed by atoms with Crippen LogP contribution in [0.4, 0.5) is 11.4 Å². The minimum absolute atomic E-state index is 0.466. The van der Waals surface area contributed by atoms with E-state index in [0.717, 1.165) is 0 Å². The van der Waals surface area contributed by atoms with Gasteiger partial charge in [0.25, 0.3) is 17.9 Å². The van der Waals surface area contributed by atoms with Crippen LogP contribution in [0.3, 0.4) is 0 Å². The second kappa shape index (κ2) is 5.77. The first kappa shape index (κ1) is 13.9. The lowest BCUT2D eigenvalue weighted by Crippen LogP contribution is -2.45. The fourth-order valence-corrected chi connectivity index (χ4v) is 2.13. The molecular weight excluding hydrogens is 284 g/mol. The zero-order valence-corrected chi connectivity index (χ0v) is 11.8. The zero-order valence-electron chi connectivity index (χ0n) is 11.8. The largest absolute Gasteiger partial charge is 0.497 e. The number of fused-ring (bicyclic) bond motifs is 1. The van der Waals surface area contributed by atoms with Crippen molar-refractivity contribution in [3.63, 3.8) is 0 Å². The van der Waals surface area contributed by atoms with Crippen molar-refractivity contribution < 1.29 is 19.1 Å². The number of ether oxygens (including phenoxy) is 2. The molecule has 1 unspecified atom stereocenters. The second-order valence-corrected chi connectivity index (χ2v) is 4.70. The van der Waals surface area contributed by atoms with Gasteiger partial charge in [0.05, 0.1) is 12.8 Å². The van der Waals surface area contributed by atoms with Gasteiger partial charge >= 0.3 is 0 Å². The van der Waals surface area contributed by atoms with Crippen LogP contribution in [0.2, 0.25) is 0 Å². The zero-order chi connectivity index (χ0) is 15.5. The summed E-state index contributed by atoms with van der Waals surface area (Å²) in [4.78, 5) is 24.2. The Morgan fingerprint density at radius 3 is 2.86 bits per heavy atom. The van der Waals surface area contributed by atoms with Gasteiger partial charge in [0.2, 0.25) is 0 Å². The van der Waals surface area contributed by atoms with E-state index in [9.17, 15) is 9.59 Å². The summed E-state index contributed by atoms with van der Waals surface area (Å²) in [7, 11) is 1.54. The van der Waals surface area contributed by atoms with E-state index in [1.165, 1.54) is 7.11 Å². The SMILES string of the molecule is COc1cccc(NC(=O)C2Oc3ccccc3NC2=O)c1. The summed E-state index contributed by atoms with van der Waals surface area (Å²) >= 11 is 0. The van der Waals surface area contributed by atoms with Gasteiger partial charge in [-0.1, -0.05) is 18.2 Å². The Bertz CT molecular complexity index is 730. The molecule has 0 saturated heterocycles. The molecule has 6 heteroatoms. The minimum Gasteiger partial charge on any atom is -0.497 e. The first-order valence-electron chi connectivity index (χ1n) is 6.69. The number of benzene rings is 2. The van der Waals surface area contributed by atoms with Gasteiger partial charge in [-0.2, -0.15) is 0 Å². The molecule has 1 atom stereocenters. The number of carbonyl (C=O) groups is 2. The number of hydrogen-bond donors (Lipinski definition) is 2. The Labute approximate surface area is 127 Å². The average molecular weight is 298 g/mol. The van der Waals surface area contributed by atoms with Crippen molar-refractivity contribution in [1.82, 2.24) is 0 Å². The molecule has 22 heavy (non-hydrogen) atoms. The molecule has 0 saturated carbocycles. The smallest absolute Gasteiger partial charge is 0.275 e. The third kappa shape index (κ3) is 2.71. The van der Waals surface area contributed by atoms with Crippen molar-refractivity contribution in [2.75, 3.05) is 17.7 Å². The molecule has 2 N–H and O–H groups in total. The Balaban J connectivity index is 1.76. The second-order valence-electron chi connectivity index (χ2n) is 4.70. The number of para-hydroxylation sites is 2. The quantitative estimate of drug-likeness (QED) is 0.850. The van der Waals surface area contributed by atoms with E-state index < -0.39 is 17.9 Å². The van der Waals surface area contributed by atoms with Crippen molar-refractivity contribution in [2.45, 2.75) is 6.10 Å². The average Bonchev–Trinajstić information content (AvgIpc) is 2.54. The third-order valence-corrected chi connectivity index (χ3v) is 3.20. The van der Waals surface area contributed by atoms with Crippen LogP contribution in [-0.4, -0.2) is 25.0 Å². The number of carbonyl (C=O) groups excluding carboxylic acids is 2. The maximum absolute atomic E-state index is 12.2. The highest BCUT2D eigenvalue weighted by molar-refractivity contribution is 6.15. The van der Waals surface area contributed by atoms with Gasteiger partial charge in [0.1, 0.15) is 11.5 Å². The summed E-state index contributed by atoms with van der Waals surface area (Å²) in [5.41, 5.74) is 1.08. The normalized spacial score (nSPS) is 16.0. The van der Waals surface area contributed by atoms with Gasteiger partial charge in [-0.25, -0.2) is 0 Å². The molecule has 3 rings (SSSR count). The molecule has 0 radical (unpaired) electrons. The maximum Gasteiger partial charge on any atom is 0.275 e. The van der Waals surface area contributed by atoms with Gasteiger partial charge in [0.15, 0.2) is 0 Å². The van der Waals surface area contributed by atoms with E-state index in [4.69, 9.17) is 9.47 Å². The Morgan fingerprint density at radius 2 is 2.05 bits per heavy atom. The fourth-order valence-electron chi connectivity index (χ4n) is 2.13. The molecule has 112 valence electrons. The number of amides is 2. The Morgan fingerprint density at radius 1 is 1.23 bits per heavy atom. The van der Waals surface area contributed by atoms with Crippen LogP contribution in [0.15, 0.2) is 48.5 Å². The number of nitrogens with one attached hydrogen (secondary N) is 2. The monoisotopic (exact) mass is 298 g/mol. The van der Waals surface area contributed by atoms with Crippen molar-refractivity contribution in [3.05, 3.63) is 48.5 Å². The number of rotatable bonds is 3. The van der Waals surface area contributed by atoms with Gasteiger partial charge in [0, 0.05) is 11.8 Å². The summed E-state index contributed by atoms with van der Waals surface area (Å²) in [5, 5.41) is 5.29. The fraction of sp³-hybridized carbons (Fsp3) is 0.125. The molecular formula is C16H14N2O4. The lowest BCUT2D eigenvalue weighted by Gasteiger charge is -2.24. The molecule has 0 bridgehead atoms. The van der Waals surface area contributed by atoms with Gasteiger partial charge in [-0.3, -0.25) is 9.59 Å². The number of anilines is 2. The summed E-state index contributed by atoms with van der Waals surface area (Å²) in [6, 6.07) is 13.8. The molecule has 1 aliphatic heterocycles. The van der Waals surface area contributed by atoms with E-state index in [-0.39, 0.29) is 0 Å². The van der Waals surface area contributed by atoms with E-state index in [2.05, 4.69) is 10.6 Å². The van der Waals surface area contributed by atoms with Gasteiger partial charge in [-0.15, -0.1) is 0 Å². The van der Waals surface area contributed by atoms with Crippen LogP contribution in [-0.2, 0) is 9.59 Å². The molecule has 0 spiro atoms. The molecule has 1 aliphatic rings. The minimum atomic E-state index is -1.24. The van der Waals surface area contributed by atoms with E-state index in [1.807, 2.05) is 0 Å². The van der Waals surface area contributed by atoms with Crippen LogP contribution in [0.25, 0.3) is 0 Å². The molecule has 2 aromatic rings. The van der Waals surface area contributed by atoms with Crippen molar-refractivity contribution in [2.24, 2.45) is 0 Å². The van der Waals surface area contributed by atoms with Crippen LogP contribution < -0.4 is 20.1 Å². The highest BCUT2D eigenvalue weighted by atomic mass is 16.5. The third-order valence-electron chi connectivity index (χ3n) is 3.20. The summed E-state index contributed by atoms with van der Waals surface area (Å²) in [5.74, 6) is 0.0319. The van der Waals surface area contributed by atoms with E-state index in [0.29, 0.717) is 22.9 Å². The summed E-state index contributed by atoms with van der Waals surface area (Å²) in [6.45, 7) is 0. The van der Waals surface area contributed by atoms with E-state index >= 15 is 0 Å². The maximum atomic E-state index is 12.2. The summed E-state index contributed by atoms with van der Waals surface area (Å²) < 4.78 is 10.6. The van der Waals surface area contributed by atoms with Crippen LogP contribution in [0.1, 0.15) is 0 Å². The molecule has 6 nitrogen and oxygen atoms in total. The van der Waals surface area contributed by atoms with Crippen LogP contribution in [0, 0.1) is 0 Å². The molecule has 0 aliphatic carbocycles.